The third-order valence-electron chi connectivity index (χ3n) is 4.36. The molecule has 0 aromatic heterocycles. The van der Waals surface area contributed by atoms with Gasteiger partial charge in [-0.2, -0.15) is 0 Å². The van der Waals surface area contributed by atoms with Gasteiger partial charge in [0.25, 0.3) is 0 Å². The molecule has 0 spiro atoms. The summed E-state index contributed by atoms with van der Waals surface area (Å²) in [5.41, 5.74) is 6.77. The molecule has 1 amide bonds. The quantitative estimate of drug-likeness (QED) is 0.841. The van der Waals surface area contributed by atoms with Gasteiger partial charge in [-0.05, 0) is 24.9 Å². The van der Waals surface area contributed by atoms with Crippen molar-refractivity contribution in [3.05, 3.63) is 35.9 Å². The molecule has 0 heterocycles. The molecule has 0 bridgehead atoms. The van der Waals surface area contributed by atoms with Gasteiger partial charge in [0.1, 0.15) is 0 Å². The van der Waals surface area contributed by atoms with Crippen LogP contribution in [0.4, 0.5) is 0 Å². The van der Waals surface area contributed by atoms with Crippen molar-refractivity contribution in [3.63, 3.8) is 0 Å². The largest absolute Gasteiger partial charge is 0.351 e. The van der Waals surface area contributed by atoms with Crippen LogP contribution in [0.3, 0.4) is 0 Å². The predicted molar refractivity (Wildman–Crippen MR) is 85.8 cm³/mol. The van der Waals surface area contributed by atoms with Gasteiger partial charge in [0, 0.05) is 18.6 Å². The van der Waals surface area contributed by atoms with Crippen LogP contribution < -0.4 is 11.1 Å². The van der Waals surface area contributed by atoms with E-state index in [2.05, 4.69) is 41.4 Å². The summed E-state index contributed by atoms with van der Waals surface area (Å²) in [4.78, 5) is 14.1. The second kappa shape index (κ2) is 8.15. The molecule has 0 saturated heterocycles. The summed E-state index contributed by atoms with van der Waals surface area (Å²) >= 11 is 0. The molecule has 0 unspecified atom stereocenters. The summed E-state index contributed by atoms with van der Waals surface area (Å²) in [5, 5.41) is 3.11. The Labute approximate surface area is 127 Å². The van der Waals surface area contributed by atoms with Crippen LogP contribution in [0.2, 0.25) is 0 Å². The van der Waals surface area contributed by atoms with E-state index in [1.807, 2.05) is 6.07 Å². The summed E-state index contributed by atoms with van der Waals surface area (Å²) in [6, 6.07) is 11.2. The highest BCUT2D eigenvalue weighted by atomic mass is 16.1. The standard InChI is InChI=1S/C17H27N3O/c1-2-20(13-14-8-4-3-5-9-14)16-11-7-6-10-15(16)19-17(21)12-18/h3-5,8-9,15-16H,2,6-7,10-13,18H2,1H3,(H,19,21)/t15-,16-/m0/s1. The summed E-state index contributed by atoms with van der Waals surface area (Å²) in [7, 11) is 0. The summed E-state index contributed by atoms with van der Waals surface area (Å²) < 4.78 is 0. The van der Waals surface area contributed by atoms with Gasteiger partial charge in [-0.15, -0.1) is 0 Å². The van der Waals surface area contributed by atoms with Crippen molar-refractivity contribution in [2.45, 2.75) is 51.2 Å². The lowest BCUT2D eigenvalue weighted by molar-refractivity contribution is -0.121. The number of hydrogen-bond acceptors (Lipinski definition) is 3. The van der Waals surface area contributed by atoms with Crippen molar-refractivity contribution >= 4 is 5.91 Å². The van der Waals surface area contributed by atoms with Crippen LogP contribution in [0, 0.1) is 0 Å². The number of nitrogens with zero attached hydrogens (tertiary/aromatic N) is 1. The van der Waals surface area contributed by atoms with E-state index in [0.717, 1.165) is 25.9 Å². The highest BCUT2D eigenvalue weighted by Crippen LogP contribution is 2.24. The van der Waals surface area contributed by atoms with Crippen LogP contribution in [0.25, 0.3) is 0 Å². The number of nitrogens with two attached hydrogens (primary N) is 1. The Balaban J connectivity index is 2.04. The molecular weight excluding hydrogens is 262 g/mol. The average molecular weight is 289 g/mol. The molecule has 4 heteroatoms. The number of rotatable bonds is 6. The van der Waals surface area contributed by atoms with E-state index in [1.165, 1.54) is 18.4 Å². The van der Waals surface area contributed by atoms with Crippen molar-refractivity contribution in [3.8, 4) is 0 Å². The van der Waals surface area contributed by atoms with Crippen molar-refractivity contribution in [2.75, 3.05) is 13.1 Å². The van der Waals surface area contributed by atoms with E-state index in [1.54, 1.807) is 0 Å². The fourth-order valence-electron chi connectivity index (χ4n) is 3.26. The van der Waals surface area contributed by atoms with Crippen LogP contribution in [0.1, 0.15) is 38.2 Å². The summed E-state index contributed by atoms with van der Waals surface area (Å²) in [6.45, 7) is 4.21. The zero-order chi connectivity index (χ0) is 15.1. The monoisotopic (exact) mass is 289 g/mol. The van der Waals surface area contributed by atoms with Crippen LogP contribution in [-0.2, 0) is 11.3 Å². The second-order valence-electron chi connectivity index (χ2n) is 5.78. The minimum absolute atomic E-state index is 0.0392. The normalized spacial score (nSPS) is 22.2. The first-order valence-corrected chi connectivity index (χ1v) is 8.02. The van der Waals surface area contributed by atoms with Gasteiger partial charge in [-0.3, -0.25) is 9.69 Å². The maximum absolute atomic E-state index is 11.6. The van der Waals surface area contributed by atoms with Crippen LogP contribution >= 0.6 is 0 Å². The highest BCUT2D eigenvalue weighted by molar-refractivity contribution is 5.78. The summed E-state index contributed by atoms with van der Waals surface area (Å²) in [6.07, 6.45) is 4.64. The van der Waals surface area contributed by atoms with Gasteiger partial charge in [0.15, 0.2) is 0 Å². The fraction of sp³-hybridized carbons (Fsp3) is 0.588. The maximum atomic E-state index is 11.6. The smallest absolute Gasteiger partial charge is 0.234 e. The van der Waals surface area contributed by atoms with Gasteiger partial charge >= 0.3 is 0 Å². The lowest BCUT2D eigenvalue weighted by Crippen LogP contribution is -2.54. The SMILES string of the molecule is CCN(Cc1ccccc1)[C@H]1CCCC[C@@H]1NC(=O)CN. The predicted octanol–water partition coefficient (Wildman–Crippen LogP) is 1.89. The average Bonchev–Trinajstić information content (AvgIpc) is 2.54. The van der Waals surface area contributed by atoms with E-state index in [0.29, 0.717) is 6.04 Å². The first-order valence-electron chi connectivity index (χ1n) is 8.02. The molecule has 1 fully saturated rings. The maximum Gasteiger partial charge on any atom is 0.234 e. The van der Waals surface area contributed by atoms with E-state index in [9.17, 15) is 4.79 Å². The van der Waals surface area contributed by atoms with Crippen molar-refractivity contribution < 1.29 is 4.79 Å². The molecule has 1 saturated carbocycles. The third-order valence-corrected chi connectivity index (χ3v) is 4.36. The fourth-order valence-corrected chi connectivity index (χ4v) is 3.26. The zero-order valence-electron chi connectivity index (χ0n) is 12.9. The number of hydrogen-bond donors (Lipinski definition) is 2. The van der Waals surface area contributed by atoms with Crippen LogP contribution in [0.15, 0.2) is 30.3 Å². The Hall–Kier alpha value is -1.39. The molecule has 0 radical (unpaired) electrons. The zero-order valence-corrected chi connectivity index (χ0v) is 12.9. The van der Waals surface area contributed by atoms with Crippen molar-refractivity contribution in [2.24, 2.45) is 5.73 Å². The molecule has 4 nitrogen and oxygen atoms in total. The highest BCUT2D eigenvalue weighted by Gasteiger charge is 2.30. The van der Waals surface area contributed by atoms with Gasteiger partial charge in [-0.25, -0.2) is 0 Å². The molecule has 1 aliphatic rings. The van der Waals surface area contributed by atoms with E-state index in [4.69, 9.17) is 5.73 Å². The second-order valence-corrected chi connectivity index (χ2v) is 5.78. The first kappa shape index (κ1) is 16.0. The minimum Gasteiger partial charge on any atom is -0.351 e. The molecule has 1 aromatic carbocycles. The summed E-state index contributed by atoms with van der Waals surface area (Å²) in [5.74, 6) is -0.0392. The van der Waals surface area contributed by atoms with E-state index in [-0.39, 0.29) is 18.5 Å². The Morgan fingerprint density at radius 2 is 2.00 bits per heavy atom. The van der Waals surface area contributed by atoms with Crippen LogP contribution in [-0.4, -0.2) is 36.0 Å². The third kappa shape index (κ3) is 4.55. The number of amides is 1. The molecule has 3 N–H and O–H groups in total. The first-order chi connectivity index (χ1) is 10.2. The molecular formula is C17H27N3O. The molecule has 2 atom stereocenters. The van der Waals surface area contributed by atoms with E-state index >= 15 is 0 Å². The number of carbonyl (C=O) groups is 1. The van der Waals surface area contributed by atoms with Crippen LogP contribution in [0.5, 0.6) is 0 Å². The Kier molecular flexibility index (Phi) is 6.21. The van der Waals surface area contributed by atoms with Gasteiger partial charge < -0.3 is 11.1 Å². The Bertz CT molecular complexity index is 435. The lowest BCUT2D eigenvalue weighted by atomic mass is 9.88. The van der Waals surface area contributed by atoms with Crippen molar-refractivity contribution in [1.82, 2.24) is 10.2 Å². The molecule has 1 aromatic rings. The van der Waals surface area contributed by atoms with Gasteiger partial charge in [-0.1, -0.05) is 50.1 Å². The van der Waals surface area contributed by atoms with E-state index < -0.39 is 0 Å². The Morgan fingerprint density at radius 3 is 2.67 bits per heavy atom. The number of likely N-dealkylation sites (N-methyl/N-ethyl adjacent to an activating group) is 1. The number of benzene rings is 1. The molecule has 0 aliphatic heterocycles. The number of carbonyl (C=O) groups excluding carboxylic acids is 1. The topological polar surface area (TPSA) is 58.4 Å². The molecule has 1 aliphatic carbocycles. The van der Waals surface area contributed by atoms with Gasteiger partial charge in [0.05, 0.1) is 6.54 Å². The lowest BCUT2D eigenvalue weighted by Gasteiger charge is -2.40. The number of nitrogens with one attached hydrogen (secondary N) is 1. The van der Waals surface area contributed by atoms with Gasteiger partial charge in [0.2, 0.25) is 5.91 Å². The Morgan fingerprint density at radius 1 is 1.29 bits per heavy atom. The minimum atomic E-state index is -0.0392. The van der Waals surface area contributed by atoms with Crippen molar-refractivity contribution in [1.29, 1.82) is 0 Å². The molecule has 21 heavy (non-hydrogen) atoms. The molecule has 2 rings (SSSR count). The molecule has 116 valence electrons.